The molecule has 0 saturated carbocycles. The van der Waals surface area contributed by atoms with Crippen molar-refractivity contribution in [2.24, 2.45) is 0 Å². The third-order valence-electron chi connectivity index (χ3n) is 3.79. The SMILES string of the molecule is CNCCN(C)C(=O)c1cc(C)n(-c2ccc(Cl)cc2)c1C. The molecule has 0 spiro atoms. The summed E-state index contributed by atoms with van der Waals surface area (Å²) in [4.78, 5) is 14.3. The van der Waals surface area contributed by atoms with Crippen molar-refractivity contribution in [2.75, 3.05) is 27.2 Å². The fourth-order valence-electron chi connectivity index (χ4n) is 2.55. The Balaban J connectivity index is 2.34. The van der Waals surface area contributed by atoms with E-state index in [1.54, 1.807) is 4.90 Å². The Morgan fingerprint density at radius 1 is 1.27 bits per heavy atom. The molecule has 0 saturated heterocycles. The predicted octanol–water partition coefficient (Wildman–Crippen LogP) is 3.04. The smallest absolute Gasteiger partial charge is 0.255 e. The van der Waals surface area contributed by atoms with Gasteiger partial charge in [0.15, 0.2) is 0 Å². The first-order chi connectivity index (χ1) is 10.5. The molecule has 4 nitrogen and oxygen atoms in total. The summed E-state index contributed by atoms with van der Waals surface area (Å²) in [5.41, 5.74) is 3.73. The molecule has 0 aliphatic carbocycles. The standard InChI is InChI=1S/C17H22ClN3O/c1-12-11-16(17(22)20(4)10-9-19-3)13(2)21(12)15-7-5-14(18)6-8-15/h5-8,11,19H,9-10H2,1-4H3. The molecule has 0 aliphatic rings. The van der Waals surface area contributed by atoms with Crippen LogP contribution in [0.15, 0.2) is 30.3 Å². The number of halogens is 1. The number of nitrogens with zero attached hydrogens (tertiary/aromatic N) is 2. The molecule has 118 valence electrons. The molecule has 0 radical (unpaired) electrons. The Kier molecular flexibility index (Phi) is 5.27. The normalized spacial score (nSPS) is 10.8. The van der Waals surface area contributed by atoms with Crippen molar-refractivity contribution in [3.05, 3.63) is 52.3 Å². The van der Waals surface area contributed by atoms with Crippen molar-refractivity contribution < 1.29 is 4.79 Å². The lowest BCUT2D eigenvalue weighted by atomic mass is 10.2. The Labute approximate surface area is 136 Å². The molecule has 1 aromatic heterocycles. The minimum Gasteiger partial charge on any atom is -0.340 e. The average Bonchev–Trinajstić information content (AvgIpc) is 2.80. The van der Waals surface area contributed by atoms with Gasteiger partial charge in [0, 0.05) is 42.2 Å². The van der Waals surface area contributed by atoms with Crippen molar-refractivity contribution in [1.82, 2.24) is 14.8 Å². The van der Waals surface area contributed by atoms with Gasteiger partial charge in [0.25, 0.3) is 5.91 Å². The number of hydrogen-bond acceptors (Lipinski definition) is 2. The lowest BCUT2D eigenvalue weighted by molar-refractivity contribution is 0.0796. The van der Waals surface area contributed by atoms with E-state index in [1.165, 1.54) is 0 Å². The molecule has 0 bridgehead atoms. The Morgan fingerprint density at radius 2 is 1.91 bits per heavy atom. The van der Waals surface area contributed by atoms with Gasteiger partial charge in [0.1, 0.15) is 0 Å². The molecule has 1 heterocycles. The van der Waals surface area contributed by atoms with Gasteiger partial charge in [-0.25, -0.2) is 0 Å². The second-order valence-electron chi connectivity index (χ2n) is 5.43. The summed E-state index contributed by atoms with van der Waals surface area (Å²) >= 11 is 5.95. The summed E-state index contributed by atoms with van der Waals surface area (Å²) in [6.45, 7) is 5.44. The summed E-state index contributed by atoms with van der Waals surface area (Å²) in [6, 6.07) is 9.58. The van der Waals surface area contributed by atoms with Crippen LogP contribution in [-0.2, 0) is 0 Å². The van der Waals surface area contributed by atoms with Gasteiger partial charge >= 0.3 is 0 Å². The number of benzene rings is 1. The highest BCUT2D eigenvalue weighted by Gasteiger charge is 2.19. The zero-order chi connectivity index (χ0) is 16.3. The molecular formula is C17H22ClN3O. The van der Waals surface area contributed by atoms with Crippen LogP contribution >= 0.6 is 11.6 Å². The number of aromatic nitrogens is 1. The summed E-state index contributed by atoms with van der Waals surface area (Å²) in [5.74, 6) is 0.0450. The average molecular weight is 320 g/mol. The second-order valence-corrected chi connectivity index (χ2v) is 5.86. The quantitative estimate of drug-likeness (QED) is 0.919. The molecule has 0 atom stereocenters. The first kappa shape index (κ1) is 16.6. The summed E-state index contributed by atoms with van der Waals surface area (Å²) in [6.07, 6.45) is 0. The van der Waals surface area contributed by atoms with Gasteiger partial charge in [0.2, 0.25) is 0 Å². The number of likely N-dealkylation sites (N-methyl/N-ethyl adjacent to an activating group) is 2. The van der Waals surface area contributed by atoms with E-state index in [2.05, 4.69) is 9.88 Å². The number of hydrogen-bond donors (Lipinski definition) is 1. The van der Waals surface area contributed by atoms with E-state index >= 15 is 0 Å². The zero-order valence-corrected chi connectivity index (χ0v) is 14.2. The number of carbonyl (C=O) groups excluding carboxylic acids is 1. The topological polar surface area (TPSA) is 37.3 Å². The molecule has 2 aromatic rings. The van der Waals surface area contributed by atoms with Crippen LogP contribution in [0, 0.1) is 13.8 Å². The van der Waals surface area contributed by atoms with Crippen molar-refractivity contribution in [3.63, 3.8) is 0 Å². The van der Waals surface area contributed by atoms with Crippen molar-refractivity contribution in [1.29, 1.82) is 0 Å². The molecule has 22 heavy (non-hydrogen) atoms. The van der Waals surface area contributed by atoms with Gasteiger partial charge < -0.3 is 14.8 Å². The lowest BCUT2D eigenvalue weighted by Crippen LogP contribution is -2.33. The maximum Gasteiger partial charge on any atom is 0.255 e. The molecule has 5 heteroatoms. The van der Waals surface area contributed by atoms with Crippen LogP contribution in [0.25, 0.3) is 5.69 Å². The van der Waals surface area contributed by atoms with Gasteiger partial charge in [-0.15, -0.1) is 0 Å². The van der Waals surface area contributed by atoms with E-state index in [0.717, 1.165) is 29.2 Å². The van der Waals surface area contributed by atoms with Crippen LogP contribution in [0.4, 0.5) is 0 Å². The molecule has 0 unspecified atom stereocenters. The molecule has 0 fully saturated rings. The highest BCUT2D eigenvalue weighted by Crippen LogP contribution is 2.23. The number of nitrogens with one attached hydrogen (secondary N) is 1. The second kappa shape index (κ2) is 6.99. The lowest BCUT2D eigenvalue weighted by Gasteiger charge is -2.17. The number of aryl methyl sites for hydroxylation is 1. The molecule has 2 rings (SSSR count). The zero-order valence-electron chi connectivity index (χ0n) is 13.5. The van der Waals surface area contributed by atoms with Gasteiger partial charge in [-0.3, -0.25) is 4.79 Å². The van der Waals surface area contributed by atoms with E-state index in [0.29, 0.717) is 11.6 Å². The van der Waals surface area contributed by atoms with Gasteiger partial charge in [-0.05, 0) is 51.2 Å². The van der Waals surface area contributed by atoms with Gasteiger partial charge in [-0.1, -0.05) is 11.6 Å². The van der Waals surface area contributed by atoms with E-state index in [-0.39, 0.29) is 5.91 Å². The first-order valence-electron chi connectivity index (χ1n) is 7.30. The van der Waals surface area contributed by atoms with Crippen molar-refractivity contribution in [2.45, 2.75) is 13.8 Å². The molecule has 1 amide bonds. The van der Waals surface area contributed by atoms with E-state index < -0.39 is 0 Å². The van der Waals surface area contributed by atoms with Gasteiger partial charge in [-0.2, -0.15) is 0 Å². The summed E-state index contributed by atoms with van der Waals surface area (Å²) in [5, 5.41) is 3.76. The Morgan fingerprint density at radius 3 is 2.50 bits per heavy atom. The highest BCUT2D eigenvalue weighted by atomic mass is 35.5. The van der Waals surface area contributed by atoms with E-state index in [4.69, 9.17) is 11.6 Å². The highest BCUT2D eigenvalue weighted by molar-refractivity contribution is 6.30. The fourth-order valence-corrected chi connectivity index (χ4v) is 2.68. The van der Waals surface area contributed by atoms with Crippen LogP contribution in [0.2, 0.25) is 5.02 Å². The van der Waals surface area contributed by atoms with Crippen LogP contribution in [-0.4, -0.2) is 42.6 Å². The van der Waals surface area contributed by atoms with Crippen LogP contribution in [0.3, 0.4) is 0 Å². The summed E-state index contributed by atoms with van der Waals surface area (Å²) in [7, 11) is 3.71. The molecule has 1 aromatic carbocycles. The Hall–Kier alpha value is -1.78. The minimum absolute atomic E-state index is 0.0450. The molecular weight excluding hydrogens is 298 g/mol. The van der Waals surface area contributed by atoms with Crippen LogP contribution in [0.5, 0.6) is 0 Å². The Bertz CT molecular complexity index is 661. The number of amides is 1. The van der Waals surface area contributed by atoms with E-state index in [1.807, 2.05) is 58.3 Å². The number of rotatable bonds is 5. The van der Waals surface area contributed by atoms with Crippen molar-refractivity contribution in [3.8, 4) is 5.69 Å². The van der Waals surface area contributed by atoms with Gasteiger partial charge in [0.05, 0.1) is 5.56 Å². The minimum atomic E-state index is 0.0450. The first-order valence-corrected chi connectivity index (χ1v) is 7.68. The van der Waals surface area contributed by atoms with Crippen LogP contribution < -0.4 is 5.32 Å². The largest absolute Gasteiger partial charge is 0.340 e. The third kappa shape index (κ3) is 3.34. The number of carbonyl (C=O) groups is 1. The van der Waals surface area contributed by atoms with Crippen molar-refractivity contribution >= 4 is 17.5 Å². The summed E-state index contributed by atoms with van der Waals surface area (Å²) < 4.78 is 2.08. The maximum absolute atomic E-state index is 12.6. The monoisotopic (exact) mass is 319 g/mol. The predicted molar refractivity (Wildman–Crippen MR) is 91.1 cm³/mol. The molecule has 1 N–H and O–H groups in total. The third-order valence-corrected chi connectivity index (χ3v) is 4.04. The fraction of sp³-hybridized carbons (Fsp3) is 0.353. The van der Waals surface area contributed by atoms with Crippen LogP contribution in [0.1, 0.15) is 21.7 Å². The maximum atomic E-state index is 12.6. The van der Waals surface area contributed by atoms with E-state index in [9.17, 15) is 4.79 Å². The molecule has 0 aliphatic heterocycles.